The van der Waals surface area contributed by atoms with Gasteiger partial charge in [0, 0.05) is 13.1 Å². The molecular formula is C13H16N2O6. The van der Waals surface area contributed by atoms with Crippen molar-refractivity contribution in [3.63, 3.8) is 0 Å². The zero-order chi connectivity index (χ0) is 16.0. The van der Waals surface area contributed by atoms with E-state index >= 15 is 0 Å². The number of aromatic hydroxyl groups is 1. The summed E-state index contributed by atoms with van der Waals surface area (Å²) in [6.07, 6.45) is -1.20. The van der Waals surface area contributed by atoms with Crippen LogP contribution in [0.5, 0.6) is 11.5 Å². The molecule has 0 radical (unpaired) electrons. The number of amides is 3. The van der Waals surface area contributed by atoms with Gasteiger partial charge in [0.15, 0.2) is 6.10 Å². The number of esters is 1. The van der Waals surface area contributed by atoms with Crippen molar-refractivity contribution in [3.8, 4) is 11.5 Å². The third kappa shape index (κ3) is 4.37. The van der Waals surface area contributed by atoms with Crippen molar-refractivity contribution >= 4 is 17.9 Å². The number of benzene rings is 1. The topological polar surface area (TPSA) is 114 Å². The van der Waals surface area contributed by atoms with Gasteiger partial charge in [-0.3, -0.25) is 10.1 Å². The largest absolute Gasteiger partial charge is 0.507 e. The molecule has 1 aromatic rings. The Morgan fingerprint density at radius 1 is 1.29 bits per heavy atom. The monoisotopic (exact) mass is 296 g/mol. The molecule has 3 amide bonds. The molecule has 0 unspecified atom stereocenters. The van der Waals surface area contributed by atoms with Crippen molar-refractivity contribution in [1.29, 1.82) is 0 Å². The first-order valence-electron chi connectivity index (χ1n) is 5.99. The van der Waals surface area contributed by atoms with E-state index < -0.39 is 24.0 Å². The van der Waals surface area contributed by atoms with Crippen molar-refractivity contribution in [3.05, 3.63) is 23.8 Å². The Balaban J connectivity index is 2.72. The Kier molecular flexibility index (Phi) is 5.53. The summed E-state index contributed by atoms with van der Waals surface area (Å²) in [4.78, 5) is 34.3. The number of imide groups is 1. The summed E-state index contributed by atoms with van der Waals surface area (Å²) < 4.78 is 9.75. The van der Waals surface area contributed by atoms with E-state index in [1.807, 2.05) is 5.32 Å². The van der Waals surface area contributed by atoms with E-state index in [4.69, 9.17) is 9.47 Å². The zero-order valence-electron chi connectivity index (χ0n) is 11.8. The van der Waals surface area contributed by atoms with Crippen LogP contribution in [0.15, 0.2) is 18.2 Å². The quantitative estimate of drug-likeness (QED) is 0.693. The number of carbonyl (C=O) groups excluding carboxylic acids is 3. The van der Waals surface area contributed by atoms with Crippen LogP contribution in [0.2, 0.25) is 0 Å². The summed E-state index contributed by atoms with van der Waals surface area (Å²) in [7, 11) is 2.76. The first-order chi connectivity index (χ1) is 9.88. The second-order valence-corrected chi connectivity index (χ2v) is 4.00. The molecule has 0 aliphatic carbocycles. The van der Waals surface area contributed by atoms with Crippen LogP contribution in [-0.4, -0.2) is 43.3 Å². The summed E-state index contributed by atoms with van der Waals surface area (Å²) in [5.41, 5.74) is -0.115. The number of hydrogen-bond donors (Lipinski definition) is 3. The van der Waals surface area contributed by atoms with Crippen LogP contribution < -0.4 is 15.4 Å². The molecule has 8 heteroatoms. The Hall–Kier alpha value is -2.77. The van der Waals surface area contributed by atoms with Crippen LogP contribution >= 0.6 is 0 Å². The Morgan fingerprint density at radius 2 is 1.95 bits per heavy atom. The fraction of sp³-hybridized carbons (Fsp3) is 0.308. The molecular weight excluding hydrogens is 280 g/mol. The number of nitrogens with one attached hydrogen (secondary N) is 2. The summed E-state index contributed by atoms with van der Waals surface area (Å²) >= 11 is 0. The van der Waals surface area contributed by atoms with E-state index in [1.165, 1.54) is 39.3 Å². The lowest BCUT2D eigenvalue weighted by atomic mass is 10.2. The molecule has 114 valence electrons. The van der Waals surface area contributed by atoms with Crippen molar-refractivity contribution < 1.29 is 29.0 Å². The average molecular weight is 296 g/mol. The summed E-state index contributed by atoms with van der Waals surface area (Å²) in [5.74, 6) is -1.64. The predicted molar refractivity (Wildman–Crippen MR) is 72.1 cm³/mol. The minimum absolute atomic E-state index is 0.115. The SMILES string of the molecule is CNC(=O)NC(=O)[C@@H](C)OC(=O)c1ccc(OC)cc1O. The van der Waals surface area contributed by atoms with Gasteiger partial charge in [0.1, 0.15) is 17.1 Å². The third-order valence-electron chi connectivity index (χ3n) is 2.54. The Bertz CT molecular complexity index is 558. The van der Waals surface area contributed by atoms with Gasteiger partial charge in [-0.2, -0.15) is 0 Å². The maximum atomic E-state index is 11.8. The van der Waals surface area contributed by atoms with Gasteiger partial charge >= 0.3 is 12.0 Å². The number of phenols is 1. The number of phenolic OH excluding ortho intramolecular Hbond substituents is 1. The van der Waals surface area contributed by atoms with Crippen LogP contribution in [0.1, 0.15) is 17.3 Å². The van der Waals surface area contributed by atoms with Crippen LogP contribution in [0.3, 0.4) is 0 Å². The van der Waals surface area contributed by atoms with E-state index in [0.717, 1.165) is 0 Å². The number of methoxy groups -OCH3 is 1. The van der Waals surface area contributed by atoms with E-state index in [-0.39, 0.29) is 11.3 Å². The van der Waals surface area contributed by atoms with E-state index in [9.17, 15) is 19.5 Å². The maximum Gasteiger partial charge on any atom is 0.342 e. The molecule has 21 heavy (non-hydrogen) atoms. The van der Waals surface area contributed by atoms with Crippen molar-refractivity contribution in [2.24, 2.45) is 0 Å². The normalized spacial score (nSPS) is 11.2. The van der Waals surface area contributed by atoms with Gasteiger partial charge in [0.2, 0.25) is 0 Å². The highest BCUT2D eigenvalue weighted by atomic mass is 16.5. The molecule has 0 bridgehead atoms. The third-order valence-corrected chi connectivity index (χ3v) is 2.54. The maximum absolute atomic E-state index is 11.8. The molecule has 1 aromatic carbocycles. The lowest BCUT2D eigenvalue weighted by Gasteiger charge is -2.13. The number of urea groups is 1. The van der Waals surface area contributed by atoms with E-state index in [2.05, 4.69) is 5.32 Å². The van der Waals surface area contributed by atoms with Gasteiger partial charge in [0.25, 0.3) is 5.91 Å². The lowest BCUT2D eigenvalue weighted by molar-refractivity contribution is -0.127. The number of rotatable bonds is 4. The molecule has 0 fully saturated rings. The zero-order valence-corrected chi connectivity index (χ0v) is 11.8. The smallest absolute Gasteiger partial charge is 0.342 e. The minimum atomic E-state index is -1.20. The van der Waals surface area contributed by atoms with Gasteiger partial charge in [-0.15, -0.1) is 0 Å². The van der Waals surface area contributed by atoms with Crippen LogP contribution in [-0.2, 0) is 9.53 Å². The second-order valence-electron chi connectivity index (χ2n) is 4.00. The van der Waals surface area contributed by atoms with E-state index in [0.29, 0.717) is 5.75 Å². The molecule has 0 aliphatic rings. The highest BCUT2D eigenvalue weighted by Gasteiger charge is 2.22. The summed E-state index contributed by atoms with van der Waals surface area (Å²) in [5, 5.41) is 13.8. The lowest BCUT2D eigenvalue weighted by Crippen LogP contribution is -2.43. The van der Waals surface area contributed by atoms with Gasteiger partial charge in [-0.1, -0.05) is 0 Å². The molecule has 0 spiro atoms. The Morgan fingerprint density at radius 3 is 2.48 bits per heavy atom. The van der Waals surface area contributed by atoms with Crippen molar-refractivity contribution in [2.45, 2.75) is 13.0 Å². The van der Waals surface area contributed by atoms with Crippen LogP contribution in [0, 0.1) is 0 Å². The highest BCUT2D eigenvalue weighted by Crippen LogP contribution is 2.24. The molecule has 0 saturated heterocycles. The van der Waals surface area contributed by atoms with Crippen molar-refractivity contribution in [1.82, 2.24) is 10.6 Å². The molecule has 3 N–H and O–H groups in total. The van der Waals surface area contributed by atoms with Gasteiger partial charge in [0.05, 0.1) is 7.11 Å². The van der Waals surface area contributed by atoms with Crippen LogP contribution in [0.25, 0.3) is 0 Å². The molecule has 1 atom stereocenters. The summed E-state index contributed by atoms with van der Waals surface area (Å²) in [6, 6.07) is 3.30. The number of hydrogen-bond acceptors (Lipinski definition) is 6. The van der Waals surface area contributed by atoms with E-state index in [1.54, 1.807) is 0 Å². The Labute approximate surface area is 121 Å². The minimum Gasteiger partial charge on any atom is -0.507 e. The van der Waals surface area contributed by atoms with Gasteiger partial charge < -0.3 is 19.9 Å². The fourth-order valence-corrected chi connectivity index (χ4v) is 1.36. The van der Waals surface area contributed by atoms with Gasteiger partial charge in [-0.25, -0.2) is 9.59 Å². The second kappa shape index (κ2) is 7.13. The fourth-order valence-electron chi connectivity index (χ4n) is 1.36. The molecule has 0 saturated carbocycles. The first-order valence-corrected chi connectivity index (χ1v) is 5.99. The molecule has 1 rings (SSSR count). The summed E-state index contributed by atoms with van der Waals surface area (Å²) in [6.45, 7) is 1.30. The first kappa shape index (κ1) is 16.3. The molecule has 0 aliphatic heterocycles. The highest BCUT2D eigenvalue weighted by molar-refractivity contribution is 5.99. The number of carbonyl (C=O) groups is 3. The predicted octanol–water partition coefficient (Wildman–Crippen LogP) is 0.402. The average Bonchev–Trinajstić information content (AvgIpc) is 2.46. The molecule has 0 heterocycles. The molecule has 8 nitrogen and oxygen atoms in total. The van der Waals surface area contributed by atoms with Crippen LogP contribution in [0.4, 0.5) is 4.79 Å². The standard InChI is InChI=1S/C13H16N2O6/c1-7(11(17)15-13(19)14-2)21-12(18)9-5-4-8(20-3)6-10(9)16/h4-7,16H,1-3H3,(H2,14,15,17,19)/t7-/m1/s1. The number of ether oxygens (including phenoxy) is 2. The van der Waals surface area contributed by atoms with Crippen molar-refractivity contribution in [2.75, 3.05) is 14.2 Å². The molecule has 0 aromatic heterocycles. The van der Waals surface area contributed by atoms with Gasteiger partial charge in [-0.05, 0) is 19.1 Å².